The molecule has 0 fully saturated rings. The summed E-state index contributed by atoms with van der Waals surface area (Å²) >= 11 is 7.36. The number of rotatable bonds is 7. The Labute approximate surface area is 138 Å². The summed E-state index contributed by atoms with van der Waals surface area (Å²) in [5.74, 6) is 0.411. The maximum atomic E-state index is 12.2. The molecule has 0 aliphatic rings. The van der Waals surface area contributed by atoms with Gasteiger partial charge >= 0.3 is 0 Å². The van der Waals surface area contributed by atoms with Gasteiger partial charge in [-0.05, 0) is 36.1 Å². The van der Waals surface area contributed by atoms with Crippen molar-refractivity contribution in [3.8, 4) is 5.75 Å². The van der Waals surface area contributed by atoms with Crippen molar-refractivity contribution in [2.75, 3.05) is 13.7 Å². The fourth-order valence-electron chi connectivity index (χ4n) is 1.85. The minimum atomic E-state index is -3.67. The fourth-order valence-corrected chi connectivity index (χ4v) is 3.99. The van der Waals surface area contributed by atoms with Crippen LogP contribution in [0.3, 0.4) is 0 Å². The molecule has 1 aromatic carbocycles. The lowest BCUT2D eigenvalue weighted by Crippen LogP contribution is -2.25. The number of hydrogen-bond donors (Lipinski definition) is 2. The zero-order valence-electron chi connectivity index (χ0n) is 11.8. The summed E-state index contributed by atoms with van der Waals surface area (Å²) < 4.78 is 31.8. The SMILES string of the molecule is COc1ccc(S(=O)(=O)NCC[C@H](O)c2cccs2)cc1Cl. The van der Waals surface area contributed by atoms with Crippen molar-refractivity contribution >= 4 is 33.0 Å². The van der Waals surface area contributed by atoms with E-state index >= 15 is 0 Å². The van der Waals surface area contributed by atoms with E-state index in [0.29, 0.717) is 12.2 Å². The minimum Gasteiger partial charge on any atom is -0.495 e. The Morgan fingerprint density at radius 1 is 1.41 bits per heavy atom. The Bertz CT molecular complexity index is 716. The van der Waals surface area contributed by atoms with Gasteiger partial charge in [-0.15, -0.1) is 11.3 Å². The molecule has 0 spiro atoms. The summed E-state index contributed by atoms with van der Waals surface area (Å²) in [4.78, 5) is 0.871. The number of ether oxygens (including phenoxy) is 1. The molecule has 1 heterocycles. The molecule has 0 radical (unpaired) electrons. The van der Waals surface area contributed by atoms with E-state index in [1.165, 1.54) is 36.6 Å². The molecule has 2 N–H and O–H groups in total. The van der Waals surface area contributed by atoms with Crippen LogP contribution in [0.25, 0.3) is 0 Å². The van der Waals surface area contributed by atoms with E-state index in [2.05, 4.69) is 4.72 Å². The van der Waals surface area contributed by atoms with Crippen LogP contribution in [-0.4, -0.2) is 27.2 Å². The predicted octanol–water partition coefficient (Wildman–Crippen LogP) is 2.81. The highest BCUT2D eigenvalue weighted by Crippen LogP contribution is 2.27. The quantitative estimate of drug-likeness (QED) is 0.795. The molecule has 8 heteroatoms. The molecule has 0 saturated carbocycles. The zero-order chi connectivity index (χ0) is 16.2. The Kier molecular flexibility index (Phi) is 5.82. The van der Waals surface area contributed by atoms with Crippen molar-refractivity contribution in [2.45, 2.75) is 17.4 Å². The lowest BCUT2D eigenvalue weighted by Gasteiger charge is -2.11. The topological polar surface area (TPSA) is 75.6 Å². The Hall–Kier alpha value is -1.12. The molecular formula is C14H16ClNO4S2. The Morgan fingerprint density at radius 3 is 2.77 bits per heavy atom. The van der Waals surface area contributed by atoms with Gasteiger partial charge in [0.2, 0.25) is 10.0 Å². The van der Waals surface area contributed by atoms with Crippen molar-refractivity contribution in [3.05, 3.63) is 45.6 Å². The first-order valence-electron chi connectivity index (χ1n) is 6.48. The number of hydrogen-bond acceptors (Lipinski definition) is 5. The third kappa shape index (κ3) is 4.21. The third-order valence-electron chi connectivity index (χ3n) is 3.02. The number of sulfonamides is 1. The lowest BCUT2D eigenvalue weighted by molar-refractivity contribution is 0.173. The van der Waals surface area contributed by atoms with E-state index < -0.39 is 16.1 Å². The lowest BCUT2D eigenvalue weighted by atomic mass is 10.2. The molecule has 120 valence electrons. The minimum absolute atomic E-state index is 0.0592. The molecule has 22 heavy (non-hydrogen) atoms. The van der Waals surface area contributed by atoms with Gasteiger partial charge in [-0.2, -0.15) is 0 Å². The molecule has 1 aromatic heterocycles. The number of methoxy groups -OCH3 is 1. The van der Waals surface area contributed by atoms with Crippen LogP contribution >= 0.6 is 22.9 Å². The number of aliphatic hydroxyl groups is 1. The highest BCUT2D eigenvalue weighted by Gasteiger charge is 2.17. The maximum absolute atomic E-state index is 12.2. The Morgan fingerprint density at radius 2 is 2.18 bits per heavy atom. The Balaban J connectivity index is 1.98. The van der Waals surface area contributed by atoms with Crippen molar-refractivity contribution in [1.29, 1.82) is 0 Å². The fraction of sp³-hybridized carbons (Fsp3) is 0.286. The van der Waals surface area contributed by atoms with Crippen LogP contribution in [0, 0.1) is 0 Å². The second-order valence-corrected chi connectivity index (χ2v) is 7.67. The molecule has 0 aliphatic carbocycles. The third-order valence-corrected chi connectivity index (χ3v) is 5.74. The monoisotopic (exact) mass is 361 g/mol. The standard InChI is InChI=1S/C14H16ClNO4S2/c1-20-13-5-4-10(9-11(13)15)22(18,19)16-7-6-12(17)14-3-2-8-21-14/h2-5,8-9,12,16-17H,6-7H2,1H3/t12-/m0/s1. The summed E-state index contributed by atoms with van der Waals surface area (Å²) in [6, 6.07) is 7.90. The smallest absolute Gasteiger partial charge is 0.240 e. The summed E-state index contributed by atoms with van der Waals surface area (Å²) in [5.41, 5.74) is 0. The number of nitrogens with one attached hydrogen (secondary N) is 1. The molecule has 2 rings (SSSR count). The number of aliphatic hydroxyl groups excluding tert-OH is 1. The molecule has 2 aromatic rings. The number of thiophene rings is 1. The van der Waals surface area contributed by atoms with Gasteiger partial charge in [0.15, 0.2) is 0 Å². The summed E-state index contributed by atoms with van der Waals surface area (Å²) in [6.07, 6.45) is -0.383. The van der Waals surface area contributed by atoms with Gasteiger partial charge in [-0.25, -0.2) is 13.1 Å². The van der Waals surface area contributed by atoms with E-state index in [-0.39, 0.29) is 16.5 Å². The van der Waals surface area contributed by atoms with Crippen LogP contribution in [0.5, 0.6) is 5.75 Å². The molecule has 0 bridgehead atoms. The van der Waals surface area contributed by atoms with Gasteiger partial charge in [-0.1, -0.05) is 17.7 Å². The van der Waals surface area contributed by atoms with E-state index in [4.69, 9.17) is 16.3 Å². The van der Waals surface area contributed by atoms with Crippen LogP contribution in [0.4, 0.5) is 0 Å². The molecule has 0 aliphatic heterocycles. The normalized spacial score (nSPS) is 13.0. The van der Waals surface area contributed by atoms with Crippen molar-refractivity contribution < 1.29 is 18.3 Å². The van der Waals surface area contributed by atoms with Gasteiger partial charge in [-0.3, -0.25) is 0 Å². The van der Waals surface area contributed by atoms with Gasteiger partial charge < -0.3 is 9.84 Å². The number of benzene rings is 1. The second kappa shape index (κ2) is 7.43. The molecule has 0 amide bonds. The molecular weight excluding hydrogens is 346 g/mol. The van der Waals surface area contributed by atoms with E-state index in [1.54, 1.807) is 0 Å². The second-order valence-electron chi connectivity index (χ2n) is 4.51. The molecule has 5 nitrogen and oxygen atoms in total. The first-order valence-corrected chi connectivity index (χ1v) is 9.23. The van der Waals surface area contributed by atoms with E-state index in [1.807, 2.05) is 17.5 Å². The zero-order valence-corrected chi connectivity index (χ0v) is 14.2. The van der Waals surface area contributed by atoms with Gasteiger partial charge in [0, 0.05) is 11.4 Å². The highest BCUT2D eigenvalue weighted by atomic mass is 35.5. The molecule has 0 saturated heterocycles. The summed E-state index contributed by atoms with van der Waals surface area (Å²) in [6.45, 7) is 0.130. The van der Waals surface area contributed by atoms with E-state index in [9.17, 15) is 13.5 Å². The maximum Gasteiger partial charge on any atom is 0.240 e. The average molecular weight is 362 g/mol. The first-order chi connectivity index (χ1) is 10.4. The largest absolute Gasteiger partial charge is 0.495 e. The van der Waals surface area contributed by atoms with Crippen LogP contribution in [0.2, 0.25) is 5.02 Å². The van der Waals surface area contributed by atoms with Crippen LogP contribution < -0.4 is 9.46 Å². The van der Waals surface area contributed by atoms with Crippen molar-refractivity contribution in [3.63, 3.8) is 0 Å². The van der Waals surface area contributed by atoms with E-state index in [0.717, 1.165) is 4.88 Å². The van der Waals surface area contributed by atoms with Gasteiger partial charge in [0.1, 0.15) is 5.75 Å². The van der Waals surface area contributed by atoms with Crippen molar-refractivity contribution in [2.24, 2.45) is 0 Å². The summed E-state index contributed by atoms with van der Waals surface area (Å²) in [5, 5.41) is 12.0. The van der Waals surface area contributed by atoms with Crippen LogP contribution in [-0.2, 0) is 10.0 Å². The van der Waals surface area contributed by atoms with Crippen molar-refractivity contribution in [1.82, 2.24) is 4.72 Å². The van der Waals surface area contributed by atoms with Gasteiger partial charge in [0.05, 0.1) is 23.1 Å². The van der Waals surface area contributed by atoms with Gasteiger partial charge in [0.25, 0.3) is 0 Å². The van der Waals surface area contributed by atoms with Crippen LogP contribution in [0.1, 0.15) is 17.4 Å². The van der Waals surface area contributed by atoms with Crippen LogP contribution in [0.15, 0.2) is 40.6 Å². The number of halogens is 1. The average Bonchev–Trinajstić information content (AvgIpc) is 3.01. The predicted molar refractivity (Wildman–Crippen MR) is 87.1 cm³/mol. The first kappa shape index (κ1) is 17.2. The molecule has 0 unspecified atom stereocenters. The molecule has 1 atom stereocenters. The summed E-state index contributed by atoms with van der Waals surface area (Å²) in [7, 11) is -2.21. The highest BCUT2D eigenvalue weighted by molar-refractivity contribution is 7.89.